The van der Waals surface area contributed by atoms with Crippen LogP contribution in [-0.4, -0.2) is 37.2 Å². The van der Waals surface area contributed by atoms with Crippen molar-refractivity contribution in [3.8, 4) is 0 Å². The van der Waals surface area contributed by atoms with E-state index in [0.29, 0.717) is 19.3 Å². The lowest BCUT2D eigenvalue weighted by Crippen LogP contribution is -2.30. The fourth-order valence-corrected chi connectivity index (χ4v) is 8.58. The molecule has 0 aliphatic heterocycles. The summed E-state index contributed by atoms with van der Waals surface area (Å²) in [5.74, 6) is -0.877. The van der Waals surface area contributed by atoms with Crippen LogP contribution in [0.1, 0.15) is 310 Å². The maximum atomic E-state index is 12.8. The lowest BCUT2D eigenvalue weighted by Gasteiger charge is -2.18. The second-order valence-electron chi connectivity index (χ2n) is 19.5. The highest BCUT2D eigenvalue weighted by molar-refractivity contribution is 5.71. The van der Waals surface area contributed by atoms with Crippen LogP contribution in [0.4, 0.5) is 0 Å². The van der Waals surface area contributed by atoms with E-state index >= 15 is 0 Å². The van der Waals surface area contributed by atoms with Crippen LogP contribution in [0.5, 0.6) is 0 Å². The molecule has 0 N–H and O–H groups in total. The lowest BCUT2D eigenvalue weighted by molar-refractivity contribution is -0.167. The number of carbonyl (C=O) groups excluding carboxylic acids is 3. The average molecular weight is 928 g/mol. The SMILES string of the molecule is CC/C=C\C/C=C\C/C=C\CCCCCCCC(=O)OC(COC(=O)CCCCCCCCCCCC)COC(=O)CCCCCCCCCCCCCCCCCCCCCCCCC. The number of carbonyl (C=O) groups is 3. The van der Waals surface area contributed by atoms with Gasteiger partial charge in [0.05, 0.1) is 0 Å². The van der Waals surface area contributed by atoms with Crippen LogP contribution in [0, 0.1) is 0 Å². The van der Waals surface area contributed by atoms with Gasteiger partial charge in [-0.1, -0.05) is 276 Å². The molecule has 0 aromatic carbocycles. The van der Waals surface area contributed by atoms with Crippen molar-refractivity contribution in [1.29, 1.82) is 0 Å². The largest absolute Gasteiger partial charge is 0.462 e. The molecule has 0 saturated carbocycles. The van der Waals surface area contributed by atoms with Gasteiger partial charge < -0.3 is 14.2 Å². The van der Waals surface area contributed by atoms with E-state index in [2.05, 4.69) is 57.2 Å². The van der Waals surface area contributed by atoms with Crippen molar-refractivity contribution in [3.63, 3.8) is 0 Å². The first kappa shape index (κ1) is 63.6. The van der Waals surface area contributed by atoms with Gasteiger partial charge in [0, 0.05) is 19.3 Å². The normalized spacial score (nSPS) is 12.2. The van der Waals surface area contributed by atoms with Gasteiger partial charge >= 0.3 is 17.9 Å². The number of ether oxygens (including phenoxy) is 3. The summed E-state index contributed by atoms with van der Waals surface area (Å²) < 4.78 is 16.8. The Morgan fingerprint density at radius 1 is 0.318 bits per heavy atom. The third-order valence-corrected chi connectivity index (χ3v) is 12.9. The minimum atomic E-state index is -0.776. The average Bonchev–Trinajstić information content (AvgIpc) is 3.31. The first-order valence-electron chi connectivity index (χ1n) is 29.0. The fourth-order valence-electron chi connectivity index (χ4n) is 8.58. The Kier molecular flexibility index (Phi) is 53.2. The minimum Gasteiger partial charge on any atom is -0.462 e. The van der Waals surface area contributed by atoms with Gasteiger partial charge in [0.25, 0.3) is 0 Å². The third-order valence-electron chi connectivity index (χ3n) is 12.9. The molecule has 386 valence electrons. The molecule has 0 spiro atoms. The van der Waals surface area contributed by atoms with Gasteiger partial charge in [-0.25, -0.2) is 0 Å². The zero-order valence-corrected chi connectivity index (χ0v) is 44.2. The molecular weight excluding hydrogens is 817 g/mol. The summed E-state index contributed by atoms with van der Waals surface area (Å²) in [6.07, 6.45) is 65.8. The number of allylic oxidation sites excluding steroid dienone is 6. The monoisotopic (exact) mass is 927 g/mol. The van der Waals surface area contributed by atoms with Gasteiger partial charge in [-0.2, -0.15) is 0 Å². The van der Waals surface area contributed by atoms with Crippen molar-refractivity contribution < 1.29 is 28.6 Å². The third kappa shape index (κ3) is 52.6. The molecule has 1 unspecified atom stereocenters. The Balaban J connectivity index is 4.21. The Bertz CT molecular complexity index is 1110. The number of hydrogen-bond donors (Lipinski definition) is 0. The van der Waals surface area contributed by atoms with Crippen molar-refractivity contribution in [1.82, 2.24) is 0 Å². The molecule has 66 heavy (non-hydrogen) atoms. The maximum absolute atomic E-state index is 12.8. The Morgan fingerprint density at radius 3 is 0.924 bits per heavy atom. The summed E-state index contributed by atoms with van der Waals surface area (Å²) in [6.45, 7) is 6.54. The standard InChI is InChI=1S/C60H110O6/c1-4-7-10-13-16-19-22-24-26-27-28-29-30-31-32-33-35-36-38-41-44-47-50-53-59(62)65-56-57(55-64-58(61)52-49-46-43-40-21-18-15-12-9-6-3)66-60(63)54-51-48-45-42-39-37-34-25-23-20-17-14-11-8-5-2/h8,11,17,20,25,34,57H,4-7,9-10,12-16,18-19,21-24,26-33,35-56H2,1-3H3/b11-8-,20-17-,34-25-. The summed E-state index contributed by atoms with van der Waals surface area (Å²) in [7, 11) is 0. The number of hydrogen-bond acceptors (Lipinski definition) is 6. The quantitative estimate of drug-likeness (QED) is 0.0262. The molecule has 0 amide bonds. The van der Waals surface area contributed by atoms with E-state index in [0.717, 1.165) is 96.3 Å². The molecule has 0 bridgehead atoms. The van der Waals surface area contributed by atoms with Gasteiger partial charge in [-0.15, -0.1) is 0 Å². The first-order valence-corrected chi connectivity index (χ1v) is 29.0. The molecule has 0 aliphatic carbocycles. The lowest BCUT2D eigenvalue weighted by atomic mass is 10.0. The highest BCUT2D eigenvalue weighted by atomic mass is 16.6. The van der Waals surface area contributed by atoms with Crippen molar-refractivity contribution >= 4 is 17.9 Å². The number of unbranched alkanes of at least 4 members (excludes halogenated alkanes) is 36. The van der Waals surface area contributed by atoms with E-state index in [-0.39, 0.29) is 31.1 Å². The van der Waals surface area contributed by atoms with Gasteiger partial charge in [0.2, 0.25) is 0 Å². The van der Waals surface area contributed by atoms with Crippen LogP contribution < -0.4 is 0 Å². The van der Waals surface area contributed by atoms with E-state index < -0.39 is 6.10 Å². The maximum Gasteiger partial charge on any atom is 0.306 e. The van der Waals surface area contributed by atoms with Crippen LogP contribution in [0.15, 0.2) is 36.5 Å². The molecule has 0 rings (SSSR count). The Hall–Kier alpha value is -2.37. The molecule has 0 aliphatic rings. The molecule has 1 atom stereocenters. The van der Waals surface area contributed by atoms with E-state index in [1.54, 1.807) is 0 Å². The van der Waals surface area contributed by atoms with E-state index in [9.17, 15) is 14.4 Å². The Labute approximate surface area is 410 Å². The summed E-state index contributed by atoms with van der Waals surface area (Å²) in [5.41, 5.74) is 0. The van der Waals surface area contributed by atoms with Gasteiger partial charge in [-0.05, 0) is 51.4 Å². The van der Waals surface area contributed by atoms with Crippen molar-refractivity contribution in [3.05, 3.63) is 36.5 Å². The molecule has 0 fully saturated rings. The van der Waals surface area contributed by atoms with Crippen LogP contribution >= 0.6 is 0 Å². The van der Waals surface area contributed by atoms with Gasteiger partial charge in [0.1, 0.15) is 13.2 Å². The van der Waals surface area contributed by atoms with Crippen molar-refractivity contribution in [2.45, 2.75) is 316 Å². The van der Waals surface area contributed by atoms with Crippen LogP contribution in [0.2, 0.25) is 0 Å². The summed E-state index contributed by atoms with van der Waals surface area (Å²) in [6, 6.07) is 0. The van der Waals surface area contributed by atoms with E-state index in [1.807, 2.05) is 0 Å². The molecule has 0 saturated heterocycles. The zero-order chi connectivity index (χ0) is 47.9. The van der Waals surface area contributed by atoms with Crippen LogP contribution in [-0.2, 0) is 28.6 Å². The van der Waals surface area contributed by atoms with Crippen LogP contribution in [0.3, 0.4) is 0 Å². The summed E-state index contributed by atoms with van der Waals surface area (Å²) >= 11 is 0. The molecule has 6 nitrogen and oxygen atoms in total. The smallest absolute Gasteiger partial charge is 0.306 e. The molecule has 0 aromatic rings. The molecular formula is C60H110O6. The number of rotatable bonds is 53. The predicted molar refractivity (Wildman–Crippen MR) is 284 cm³/mol. The van der Waals surface area contributed by atoms with Gasteiger partial charge in [0.15, 0.2) is 6.10 Å². The zero-order valence-electron chi connectivity index (χ0n) is 44.2. The second kappa shape index (κ2) is 55.2. The minimum absolute atomic E-state index is 0.0747. The van der Waals surface area contributed by atoms with Crippen LogP contribution in [0.25, 0.3) is 0 Å². The fraction of sp³-hybridized carbons (Fsp3) is 0.850. The van der Waals surface area contributed by atoms with Crippen molar-refractivity contribution in [2.75, 3.05) is 13.2 Å². The molecule has 0 heterocycles. The molecule has 0 aromatic heterocycles. The topological polar surface area (TPSA) is 78.9 Å². The summed E-state index contributed by atoms with van der Waals surface area (Å²) in [4.78, 5) is 38.0. The second-order valence-corrected chi connectivity index (χ2v) is 19.5. The van der Waals surface area contributed by atoms with Gasteiger partial charge in [-0.3, -0.25) is 14.4 Å². The molecule has 6 heteroatoms. The number of esters is 3. The molecule has 0 radical (unpaired) electrons. The highest BCUT2D eigenvalue weighted by Crippen LogP contribution is 2.17. The highest BCUT2D eigenvalue weighted by Gasteiger charge is 2.19. The van der Waals surface area contributed by atoms with E-state index in [1.165, 1.54) is 173 Å². The summed E-state index contributed by atoms with van der Waals surface area (Å²) in [5, 5.41) is 0. The van der Waals surface area contributed by atoms with E-state index in [4.69, 9.17) is 14.2 Å². The predicted octanol–water partition coefficient (Wildman–Crippen LogP) is 19.3. The van der Waals surface area contributed by atoms with Crippen molar-refractivity contribution in [2.24, 2.45) is 0 Å². The Morgan fingerprint density at radius 2 is 0.591 bits per heavy atom. The first-order chi connectivity index (χ1) is 32.5.